The highest BCUT2D eigenvalue weighted by Gasteiger charge is 2.16. The third-order valence-electron chi connectivity index (χ3n) is 2.45. The Hall–Kier alpha value is -1.44. The summed E-state index contributed by atoms with van der Waals surface area (Å²) in [6, 6.07) is 10.4. The number of rotatable bonds is 1. The monoisotopic (exact) mass is 190 g/mol. The lowest BCUT2D eigenvalue weighted by Crippen LogP contribution is -2.05. The van der Waals surface area contributed by atoms with Gasteiger partial charge in [0.2, 0.25) is 0 Å². The van der Waals surface area contributed by atoms with Gasteiger partial charge in [0.05, 0.1) is 13.2 Å². The summed E-state index contributed by atoms with van der Waals surface area (Å²) in [5.41, 5.74) is 1.31. The minimum atomic E-state index is 0.426. The molecule has 0 bridgehead atoms. The second kappa shape index (κ2) is 4.18. The molecule has 1 aromatic rings. The molecule has 1 aliphatic rings. The summed E-state index contributed by atoms with van der Waals surface area (Å²) in [5, 5.41) is 0. The van der Waals surface area contributed by atoms with Crippen LogP contribution in [-0.2, 0) is 9.47 Å². The molecule has 2 rings (SSSR count). The van der Waals surface area contributed by atoms with Gasteiger partial charge < -0.3 is 9.47 Å². The summed E-state index contributed by atoms with van der Waals surface area (Å²) < 4.78 is 10.6. The zero-order valence-corrected chi connectivity index (χ0v) is 8.11. The molecule has 0 N–H and O–H groups in total. The third-order valence-corrected chi connectivity index (χ3v) is 2.45. The largest absolute Gasteiger partial charge is 0.466 e. The fourth-order valence-corrected chi connectivity index (χ4v) is 1.62. The third kappa shape index (κ3) is 2.08. The lowest BCUT2D eigenvalue weighted by Gasteiger charge is -2.12. The first-order valence-electron chi connectivity index (χ1n) is 4.86. The van der Waals surface area contributed by atoms with Crippen LogP contribution in [0.25, 0.3) is 0 Å². The van der Waals surface area contributed by atoms with Crippen molar-refractivity contribution in [2.45, 2.75) is 12.3 Å². The van der Waals surface area contributed by atoms with Gasteiger partial charge in [-0.3, -0.25) is 0 Å². The van der Waals surface area contributed by atoms with Gasteiger partial charge in [-0.1, -0.05) is 30.3 Å². The van der Waals surface area contributed by atoms with Gasteiger partial charge in [0.15, 0.2) is 0 Å². The second-order valence-corrected chi connectivity index (χ2v) is 3.43. The van der Waals surface area contributed by atoms with Gasteiger partial charge in [0, 0.05) is 5.92 Å². The van der Waals surface area contributed by atoms with Crippen molar-refractivity contribution < 1.29 is 9.47 Å². The van der Waals surface area contributed by atoms with Crippen molar-refractivity contribution in [3.05, 3.63) is 48.4 Å². The SMILES string of the molecule is C=C1OCCC(c2ccccc2)CO1. The molecule has 1 aromatic carbocycles. The zero-order valence-electron chi connectivity index (χ0n) is 8.11. The van der Waals surface area contributed by atoms with E-state index >= 15 is 0 Å². The van der Waals surface area contributed by atoms with Crippen LogP contribution in [-0.4, -0.2) is 13.2 Å². The predicted octanol–water partition coefficient (Wildman–Crippen LogP) is 2.68. The van der Waals surface area contributed by atoms with Crippen LogP contribution >= 0.6 is 0 Å². The molecule has 0 spiro atoms. The Balaban J connectivity index is 2.08. The van der Waals surface area contributed by atoms with Crippen LogP contribution in [0.3, 0.4) is 0 Å². The Bertz CT molecular complexity index is 305. The first-order chi connectivity index (χ1) is 6.86. The molecular weight excluding hydrogens is 176 g/mol. The maximum absolute atomic E-state index is 5.35. The summed E-state index contributed by atoms with van der Waals surface area (Å²) in [6.07, 6.45) is 0.989. The van der Waals surface area contributed by atoms with Gasteiger partial charge >= 0.3 is 0 Å². The number of hydrogen-bond acceptors (Lipinski definition) is 2. The molecule has 74 valence electrons. The Kier molecular flexibility index (Phi) is 2.73. The van der Waals surface area contributed by atoms with Crippen molar-refractivity contribution in [3.63, 3.8) is 0 Å². The van der Waals surface area contributed by atoms with Gasteiger partial charge in [-0.25, -0.2) is 0 Å². The van der Waals surface area contributed by atoms with E-state index in [1.807, 2.05) is 6.07 Å². The van der Waals surface area contributed by atoms with Gasteiger partial charge in [-0.05, 0) is 18.6 Å². The predicted molar refractivity (Wildman–Crippen MR) is 54.8 cm³/mol. The van der Waals surface area contributed by atoms with Crippen molar-refractivity contribution in [1.82, 2.24) is 0 Å². The van der Waals surface area contributed by atoms with E-state index in [1.165, 1.54) is 5.56 Å². The molecule has 1 saturated heterocycles. The summed E-state index contributed by atoms with van der Waals surface area (Å²) in [6.45, 7) is 5.02. The molecule has 1 atom stereocenters. The van der Waals surface area contributed by atoms with Crippen LogP contribution in [0.1, 0.15) is 17.9 Å². The van der Waals surface area contributed by atoms with Gasteiger partial charge in [0.1, 0.15) is 0 Å². The van der Waals surface area contributed by atoms with E-state index in [1.54, 1.807) is 0 Å². The molecule has 1 aliphatic heterocycles. The van der Waals surface area contributed by atoms with Crippen LogP contribution in [0.15, 0.2) is 42.9 Å². The minimum absolute atomic E-state index is 0.426. The van der Waals surface area contributed by atoms with E-state index in [0.29, 0.717) is 25.1 Å². The summed E-state index contributed by atoms with van der Waals surface area (Å²) in [5.74, 6) is 0.874. The second-order valence-electron chi connectivity index (χ2n) is 3.43. The molecule has 1 heterocycles. The van der Waals surface area contributed by atoms with Gasteiger partial charge in [-0.15, -0.1) is 0 Å². The van der Waals surface area contributed by atoms with E-state index in [-0.39, 0.29) is 0 Å². The van der Waals surface area contributed by atoms with Crippen LogP contribution in [0, 0.1) is 0 Å². The van der Waals surface area contributed by atoms with Crippen molar-refractivity contribution in [2.24, 2.45) is 0 Å². The summed E-state index contributed by atoms with van der Waals surface area (Å²) in [4.78, 5) is 0. The van der Waals surface area contributed by atoms with Crippen molar-refractivity contribution >= 4 is 0 Å². The molecule has 2 nitrogen and oxygen atoms in total. The Morgan fingerprint density at radius 1 is 1.14 bits per heavy atom. The summed E-state index contributed by atoms with van der Waals surface area (Å²) in [7, 11) is 0. The Morgan fingerprint density at radius 3 is 2.71 bits per heavy atom. The molecule has 2 heteroatoms. The van der Waals surface area contributed by atoms with Crippen molar-refractivity contribution in [3.8, 4) is 0 Å². The van der Waals surface area contributed by atoms with E-state index in [4.69, 9.17) is 9.47 Å². The average Bonchev–Trinajstić information content (AvgIpc) is 2.44. The van der Waals surface area contributed by atoms with Gasteiger partial charge in [-0.2, -0.15) is 0 Å². The highest BCUT2D eigenvalue weighted by molar-refractivity contribution is 5.19. The number of hydrogen-bond donors (Lipinski definition) is 0. The van der Waals surface area contributed by atoms with Crippen LogP contribution in [0.4, 0.5) is 0 Å². The fourth-order valence-electron chi connectivity index (χ4n) is 1.62. The van der Waals surface area contributed by atoms with Crippen LogP contribution in [0.2, 0.25) is 0 Å². The average molecular weight is 190 g/mol. The molecule has 0 saturated carbocycles. The smallest absolute Gasteiger partial charge is 0.271 e. The normalized spacial score (nSPS) is 22.0. The molecular formula is C12H14O2. The van der Waals surface area contributed by atoms with Crippen LogP contribution < -0.4 is 0 Å². The lowest BCUT2D eigenvalue weighted by atomic mass is 9.97. The van der Waals surface area contributed by atoms with Crippen LogP contribution in [0.5, 0.6) is 0 Å². The van der Waals surface area contributed by atoms with Gasteiger partial charge in [0.25, 0.3) is 5.95 Å². The Morgan fingerprint density at radius 2 is 1.93 bits per heavy atom. The standard InChI is InChI=1S/C12H14O2/c1-10-13-8-7-12(9-14-10)11-5-3-2-4-6-11/h2-6,12H,1,7-9H2. The minimum Gasteiger partial charge on any atom is -0.466 e. The van der Waals surface area contributed by atoms with E-state index in [2.05, 4.69) is 30.8 Å². The molecule has 1 unspecified atom stereocenters. The molecule has 1 fully saturated rings. The zero-order chi connectivity index (χ0) is 9.80. The Labute approximate surface area is 84.2 Å². The fraction of sp³-hybridized carbons (Fsp3) is 0.333. The molecule has 0 amide bonds. The topological polar surface area (TPSA) is 18.5 Å². The molecule has 14 heavy (non-hydrogen) atoms. The number of ether oxygens (including phenoxy) is 2. The summed E-state index contributed by atoms with van der Waals surface area (Å²) >= 11 is 0. The first-order valence-corrected chi connectivity index (χ1v) is 4.86. The molecule has 0 aliphatic carbocycles. The van der Waals surface area contributed by atoms with Crippen molar-refractivity contribution in [1.29, 1.82) is 0 Å². The van der Waals surface area contributed by atoms with E-state index in [9.17, 15) is 0 Å². The quantitative estimate of drug-likeness (QED) is 0.677. The van der Waals surface area contributed by atoms with E-state index < -0.39 is 0 Å². The molecule has 0 radical (unpaired) electrons. The van der Waals surface area contributed by atoms with E-state index in [0.717, 1.165) is 6.42 Å². The highest BCUT2D eigenvalue weighted by Crippen LogP contribution is 2.23. The van der Waals surface area contributed by atoms with Crippen molar-refractivity contribution in [2.75, 3.05) is 13.2 Å². The highest BCUT2D eigenvalue weighted by atomic mass is 16.7. The maximum atomic E-state index is 5.35. The maximum Gasteiger partial charge on any atom is 0.271 e. The number of benzene rings is 1. The lowest BCUT2D eigenvalue weighted by molar-refractivity contribution is 0.0623. The first kappa shape index (κ1) is 9.13. The molecule has 0 aromatic heterocycles.